The Balaban J connectivity index is 1.42. The minimum Gasteiger partial charge on any atom is -0.493 e. The van der Waals surface area contributed by atoms with Crippen molar-refractivity contribution < 1.29 is 18.1 Å². The Bertz CT molecular complexity index is 1220. The molecule has 1 aliphatic carbocycles. The Morgan fingerprint density at radius 3 is 2.40 bits per heavy atom. The highest BCUT2D eigenvalue weighted by Crippen LogP contribution is 2.61. The molecule has 2 aliphatic heterocycles. The zero-order valence-corrected chi connectivity index (χ0v) is 20.5. The van der Waals surface area contributed by atoms with Crippen molar-refractivity contribution >= 4 is 0 Å². The summed E-state index contributed by atoms with van der Waals surface area (Å²) < 4.78 is 20.3. The number of hydrogen-bond donors (Lipinski definition) is 0. The van der Waals surface area contributed by atoms with Gasteiger partial charge in [-0.2, -0.15) is 4.57 Å². The van der Waals surface area contributed by atoms with E-state index in [1.807, 2.05) is 12.5 Å². The summed E-state index contributed by atoms with van der Waals surface area (Å²) in [5, 5.41) is 0. The lowest BCUT2D eigenvalue weighted by atomic mass is 9.54. The summed E-state index contributed by atoms with van der Waals surface area (Å²) in [7, 11) is 0. The number of unbranched alkanes of at least 4 members (excludes halogenated alkanes) is 5. The van der Waals surface area contributed by atoms with Gasteiger partial charge in [-0.3, -0.25) is 0 Å². The van der Waals surface area contributed by atoms with Crippen LogP contribution in [0.25, 0.3) is 0 Å². The van der Waals surface area contributed by atoms with Crippen molar-refractivity contribution in [1.29, 1.82) is 0 Å². The van der Waals surface area contributed by atoms with Crippen molar-refractivity contribution in [3.63, 3.8) is 0 Å². The van der Waals surface area contributed by atoms with Crippen LogP contribution in [0.1, 0.15) is 91.8 Å². The average Bonchev–Trinajstić information content (AvgIpc) is 3.64. The predicted molar refractivity (Wildman–Crippen MR) is 135 cm³/mol. The molecule has 0 saturated carbocycles. The normalized spacial score (nSPS) is 19.3. The molecule has 2 atom stereocenters. The summed E-state index contributed by atoms with van der Waals surface area (Å²) in [6.07, 6.45) is 18.2. The maximum absolute atomic E-state index is 6.55. The number of nitrogens with zero attached hydrogens (tertiary/aromatic N) is 1. The fraction of sp³-hybridized carbons (Fsp3) is 0.387. The molecular weight excluding hydrogens is 434 g/mol. The lowest BCUT2D eigenvalue weighted by Gasteiger charge is -2.48. The number of rotatable bonds is 10. The van der Waals surface area contributed by atoms with Crippen LogP contribution in [0.5, 0.6) is 5.75 Å². The third-order valence-electron chi connectivity index (χ3n) is 8.14. The molecular formula is C31H34NO3+. The molecule has 4 heteroatoms. The molecule has 3 aliphatic rings. The highest BCUT2D eigenvalue weighted by molar-refractivity contribution is 5.58. The standard InChI is InChI=1S/C31H34NO3/c1-2-3-4-5-6-9-17-35-28-13-10-11-25-27-20-31(23-14-18-33-21-23,24-15-19-34-22-24)30(29(25)28)26-12-7-8-16-32(26)27/h7-8,10-16,18-19,21-22,27,30H,2-6,9,17,20H2,1H3/q+1/t27-,30-/m0/s1. The topological polar surface area (TPSA) is 39.4 Å². The molecule has 0 saturated heterocycles. The third kappa shape index (κ3) is 3.62. The lowest BCUT2D eigenvalue weighted by Crippen LogP contribution is -2.60. The number of aromatic nitrogens is 1. The van der Waals surface area contributed by atoms with Crippen molar-refractivity contribution in [2.24, 2.45) is 0 Å². The molecule has 0 N–H and O–H groups in total. The van der Waals surface area contributed by atoms with E-state index in [-0.39, 0.29) is 17.4 Å². The van der Waals surface area contributed by atoms with Crippen molar-refractivity contribution in [3.05, 3.63) is 108 Å². The van der Waals surface area contributed by atoms with Gasteiger partial charge < -0.3 is 13.6 Å². The molecule has 7 rings (SSSR count). The van der Waals surface area contributed by atoms with E-state index in [9.17, 15) is 0 Å². The fourth-order valence-electron chi connectivity index (χ4n) is 6.55. The first-order valence-corrected chi connectivity index (χ1v) is 13.2. The summed E-state index contributed by atoms with van der Waals surface area (Å²) in [6.45, 7) is 3.03. The van der Waals surface area contributed by atoms with Gasteiger partial charge in [-0.1, -0.05) is 57.2 Å². The van der Waals surface area contributed by atoms with Gasteiger partial charge in [0, 0.05) is 40.8 Å². The van der Waals surface area contributed by atoms with Crippen LogP contribution in [-0.2, 0) is 5.41 Å². The van der Waals surface area contributed by atoms with Gasteiger partial charge in [-0.25, -0.2) is 0 Å². The average molecular weight is 469 g/mol. The van der Waals surface area contributed by atoms with E-state index >= 15 is 0 Å². The Morgan fingerprint density at radius 2 is 1.66 bits per heavy atom. The molecule has 2 bridgehead atoms. The van der Waals surface area contributed by atoms with Crippen molar-refractivity contribution in [1.82, 2.24) is 0 Å². The van der Waals surface area contributed by atoms with Gasteiger partial charge in [0.1, 0.15) is 5.75 Å². The maximum atomic E-state index is 6.55. The van der Waals surface area contributed by atoms with E-state index in [4.69, 9.17) is 13.6 Å². The van der Waals surface area contributed by atoms with E-state index in [2.05, 4.69) is 66.2 Å². The first-order valence-electron chi connectivity index (χ1n) is 13.2. The van der Waals surface area contributed by atoms with Crippen molar-refractivity contribution in [3.8, 4) is 5.75 Å². The first-order chi connectivity index (χ1) is 17.3. The van der Waals surface area contributed by atoms with E-state index in [1.54, 1.807) is 12.5 Å². The largest absolute Gasteiger partial charge is 0.493 e. The summed E-state index contributed by atoms with van der Waals surface area (Å²) >= 11 is 0. The van der Waals surface area contributed by atoms with Crippen LogP contribution < -0.4 is 9.30 Å². The van der Waals surface area contributed by atoms with Gasteiger partial charge in [0.2, 0.25) is 0 Å². The van der Waals surface area contributed by atoms with Crippen molar-refractivity contribution in [2.75, 3.05) is 6.61 Å². The van der Waals surface area contributed by atoms with Gasteiger partial charge in [0.05, 0.1) is 43.0 Å². The van der Waals surface area contributed by atoms with E-state index in [1.165, 1.54) is 60.1 Å². The second-order valence-corrected chi connectivity index (χ2v) is 10.1. The molecule has 35 heavy (non-hydrogen) atoms. The first kappa shape index (κ1) is 22.2. The highest BCUT2D eigenvalue weighted by Gasteiger charge is 2.61. The van der Waals surface area contributed by atoms with E-state index in [0.29, 0.717) is 0 Å². The molecule has 0 amide bonds. The molecule has 3 aromatic heterocycles. The fourth-order valence-corrected chi connectivity index (χ4v) is 6.55. The summed E-state index contributed by atoms with van der Waals surface area (Å²) in [5.74, 6) is 1.12. The second kappa shape index (κ2) is 9.41. The molecule has 180 valence electrons. The molecule has 1 aromatic carbocycles. The lowest BCUT2D eigenvalue weighted by molar-refractivity contribution is -0.732. The number of fused-ring (bicyclic) bond motifs is 1. The highest BCUT2D eigenvalue weighted by atomic mass is 16.5. The number of ether oxygens (including phenoxy) is 1. The van der Waals surface area contributed by atoms with Gasteiger partial charge in [0.15, 0.2) is 17.9 Å². The SMILES string of the molecule is CCCCCCCCOc1cccc2c1[C@@H]1c3cccc[n+]3[C@H]2CC1(c1ccoc1)c1ccoc1. The summed E-state index contributed by atoms with van der Waals surface area (Å²) in [5.41, 5.74) is 6.12. The van der Waals surface area contributed by atoms with E-state index < -0.39 is 0 Å². The summed E-state index contributed by atoms with van der Waals surface area (Å²) in [4.78, 5) is 0. The van der Waals surface area contributed by atoms with Crippen LogP contribution in [0.2, 0.25) is 0 Å². The number of benzene rings is 1. The minimum atomic E-state index is -0.279. The quantitative estimate of drug-likeness (QED) is 0.181. The molecule has 5 heterocycles. The van der Waals surface area contributed by atoms with Crippen LogP contribution in [0.4, 0.5) is 0 Å². The van der Waals surface area contributed by atoms with Gasteiger partial charge in [-0.05, 0) is 24.6 Å². The van der Waals surface area contributed by atoms with Crippen LogP contribution in [0, 0.1) is 0 Å². The van der Waals surface area contributed by atoms with Crippen LogP contribution in [-0.4, -0.2) is 6.61 Å². The number of pyridine rings is 1. The Kier molecular flexibility index (Phi) is 5.97. The molecule has 4 aromatic rings. The van der Waals surface area contributed by atoms with Crippen LogP contribution in [0.15, 0.2) is 88.6 Å². The Labute approximate surface area is 207 Å². The molecule has 4 nitrogen and oxygen atoms in total. The van der Waals surface area contributed by atoms with Crippen LogP contribution >= 0.6 is 0 Å². The van der Waals surface area contributed by atoms with Crippen LogP contribution in [0.3, 0.4) is 0 Å². The molecule has 0 spiro atoms. The monoisotopic (exact) mass is 468 g/mol. The number of furan rings is 2. The zero-order chi connectivity index (χ0) is 23.7. The van der Waals surface area contributed by atoms with Gasteiger partial charge >= 0.3 is 0 Å². The Hall–Kier alpha value is -3.27. The number of hydrogen-bond acceptors (Lipinski definition) is 3. The molecule has 0 radical (unpaired) electrons. The second-order valence-electron chi connectivity index (χ2n) is 10.1. The third-order valence-corrected chi connectivity index (χ3v) is 8.14. The molecule has 0 fully saturated rings. The smallest absolute Gasteiger partial charge is 0.190 e. The van der Waals surface area contributed by atoms with Gasteiger partial charge in [-0.15, -0.1) is 0 Å². The maximum Gasteiger partial charge on any atom is 0.190 e. The zero-order valence-electron chi connectivity index (χ0n) is 20.5. The Morgan fingerprint density at radius 1 is 0.886 bits per heavy atom. The molecule has 0 unspecified atom stereocenters. The van der Waals surface area contributed by atoms with Crippen molar-refractivity contribution in [2.45, 2.75) is 69.2 Å². The van der Waals surface area contributed by atoms with Gasteiger partial charge in [0.25, 0.3) is 0 Å². The van der Waals surface area contributed by atoms with E-state index in [0.717, 1.165) is 25.2 Å². The minimum absolute atomic E-state index is 0.0969. The summed E-state index contributed by atoms with van der Waals surface area (Å²) in [6, 6.07) is 17.7. The predicted octanol–water partition coefficient (Wildman–Crippen LogP) is 7.32.